The van der Waals surface area contributed by atoms with Crippen molar-refractivity contribution in [2.75, 3.05) is 45.0 Å². The Morgan fingerprint density at radius 3 is 2.83 bits per heavy atom. The van der Waals surface area contributed by atoms with E-state index < -0.39 is 6.10 Å². The Balaban J connectivity index is 2.26. The Morgan fingerprint density at radius 1 is 1.33 bits per heavy atom. The third-order valence-corrected chi connectivity index (χ3v) is 3.17. The Hall–Kier alpha value is -0.750. The number of aliphatic hydroxyl groups excluding tert-OH is 1. The molecule has 1 unspecified atom stereocenters. The number of anilines is 1. The molecular formula is C13H21NO3S. The maximum absolute atomic E-state index is 9.74. The van der Waals surface area contributed by atoms with Gasteiger partial charge in [-0.05, 0) is 18.4 Å². The van der Waals surface area contributed by atoms with Gasteiger partial charge in [-0.25, -0.2) is 0 Å². The topological polar surface area (TPSA) is 50.7 Å². The van der Waals surface area contributed by atoms with Crippen LogP contribution >= 0.6 is 11.8 Å². The lowest BCUT2D eigenvalue weighted by Gasteiger charge is -2.14. The van der Waals surface area contributed by atoms with E-state index in [4.69, 9.17) is 9.47 Å². The maximum Gasteiger partial charge on any atom is 0.0945 e. The molecule has 0 radical (unpaired) electrons. The summed E-state index contributed by atoms with van der Waals surface area (Å²) in [5.74, 6) is 0. The summed E-state index contributed by atoms with van der Waals surface area (Å²) >= 11 is 1.68. The van der Waals surface area contributed by atoms with Crippen molar-refractivity contribution in [2.45, 2.75) is 11.0 Å². The minimum atomic E-state index is -0.517. The zero-order chi connectivity index (χ0) is 13.2. The molecule has 102 valence electrons. The number of methoxy groups -OCH3 is 1. The average molecular weight is 271 g/mol. The van der Waals surface area contributed by atoms with Gasteiger partial charge in [0.25, 0.3) is 0 Å². The van der Waals surface area contributed by atoms with E-state index in [2.05, 4.69) is 11.4 Å². The highest BCUT2D eigenvalue weighted by atomic mass is 32.2. The summed E-state index contributed by atoms with van der Waals surface area (Å²) in [5, 5.41) is 13.0. The average Bonchev–Trinajstić information content (AvgIpc) is 2.41. The van der Waals surface area contributed by atoms with Gasteiger partial charge in [0.05, 0.1) is 25.9 Å². The molecule has 0 aliphatic heterocycles. The normalized spacial score (nSPS) is 12.4. The molecule has 18 heavy (non-hydrogen) atoms. The fraction of sp³-hybridized carbons (Fsp3) is 0.538. The van der Waals surface area contributed by atoms with Crippen molar-refractivity contribution in [3.05, 3.63) is 24.3 Å². The molecule has 2 N–H and O–H groups in total. The summed E-state index contributed by atoms with van der Waals surface area (Å²) in [5.41, 5.74) is 1.04. The smallest absolute Gasteiger partial charge is 0.0945 e. The van der Waals surface area contributed by atoms with E-state index in [1.54, 1.807) is 18.9 Å². The van der Waals surface area contributed by atoms with Crippen molar-refractivity contribution in [1.29, 1.82) is 0 Å². The number of thioether (sulfide) groups is 1. The van der Waals surface area contributed by atoms with Crippen LogP contribution in [0.2, 0.25) is 0 Å². The van der Waals surface area contributed by atoms with Gasteiger partial charge in [0.2, 0.25) is 0 Å². The van der Waals surface area contributed by atoms with Crippen molar-refractivity contribution < 1.29 is 14.6 Å². The standard InChI is InChI=1S/C13H21NO3S/c1-16-7-8-17-10-11(15)9-14-12-5-3-4-6-13(12)18-2/h3-6,11,14-15H,7-10H2,1-2H3. The minimum Gasteiger partial charge on any atom is -0.389 e. The Labute approximate surface area is 113 Å². The number of rotatable bonds is 9. The highest BCUT2D eigenvalue weighted by Gasteiger charge is 2.05. The van der Waals surface area contributed by atoms with E-state index >= 15 is 0 Å². The molecule has 1 rings (SSSR count). The molecule has 0 bridgehead atoms. The lowest BCUT2D eigenvalue weighted by Crippen LogP contribution is -2.25. The van der Waals surface area contributed by atoms with Gasteiger partial charge in [-0.2, -0.15) is 0 Å². The SMILES string of the molecule is COCCOCC(O)CNc1ccccc1SC. The summed E-state index contributed by atoms with van der Waals surface area (Å²) in [6.45, 7) is 1.85. The van der Waals surface area contributed by atoms with Crippen LogP contribution in [-0.2, 0) is 9.47 Å². The summed E-state index contributed by atoms with van der Waals surface area (Å²) in [6, 6.07) is 8.03. The summed E-state index contributed by atoms with van der Waals surface area (Å²) in [4.78, 5) is 1.17. The number of hydrogen-bond donors (Lipinski definition) is 2. The van der Waals surface area contributed by atoms with Gasteiger partial charge in [0.1, 0.15) is 0 Å². The molecule has 0 heterocycles. The predicted octanol–water partition coefficient (Wildman–Crippen LogP) is 1.84. The van der Waals surface area contributed by atoms with Crippen LogP contribution in [0.4, 0.5) is 5.69 Å². The Morgan fingerprint density at radius 2 is 2.11 bits per heavy atom. The second-order valence-electron chi connectivity index (χ2n) is 3.80. The van der Waals surface area contributed by atoms with Gasteiger partial charge in [-0.15, -0.1) is 11.8 Å². The van der Waals surface area contributed by atoms with Gasteiger partial charge >= 0.3 is 0 Å². The van der Waals surface area contributed by atoms with Crippen molar-refractivity contribution in [1.82, 2.24) is 0 Å². The van der Waals surface area contributed by atoms with E-state index in [9.17, 15) is 5.11 Å². The first-order valence-corrected chi connectivity index (χ1v) is 7.12. The van der Waals surface area contributed by atoms with Gasteiger partial charge in [0, 0.05) is 24.2 Å². The van der Waals surface area contributed by atoms with E-state index in [-0.39, 0.29) is 0 Å². The van der Waals surface area contributed by atoms with Gasteiger partial charge < -0.3 is 19.9 Å². The second-order valence-corrected chi connectivity index (χ2v) is 4.65. The molecule has 0 saturated heterocycles. The molecule has 0 amide bonds. The van der Waals surface area contributed by atoms with Crippen molar-refractivity contribution in [2.24, 2.45) is 0 Å². The molecule has 0 fully saturated rings. The third kappa shape index (κ3) is 5.73. The molecule has 0 aliphatic rings. The zero-order valence-corrected chi connectivity index (χ0v) is 11.7. The zero-order valence-electron chi connectivity index (χ0n) is 10.9. The van der Waals surface area contributed by atoms with E-state index in [0.717, 1.165) is 5.69 Å². The number of para-hydroxylation sites is 1. The summed E-state index contributed by atoms with van der Waals surface area (Å²) < 4.78 is 10.1. The highest BCUT2D eigenvalue weighted by molar-refractivity contribution is 7.98. The van der Waals surface area contributed by atoms with Crippen LogP contribution in [0.1, 0.15) is 0 Å². The van der Waals surface area contributed by atoms with Crippen LogP contribution < -0.4 is 5.32 Å². The van der Waals surface area contributed by atoms with Gasteiger partial charge in [0.15, 0.2) is 0 Å². The largest absolute Gasteiger partial charge is 0.389 e. The molecule has 5 heteroatoms. The molecule has 0 saturated carbocycles. The first-order valence-electron chi connectivity index (χ1n) is 5.89. The first-order chi connectivity index (χ1) is 8.77. The van der Waals surface area contributed by atoms with Crippen LogP contribution in [0.25, 0.3) is 0 Å². The number of ether oxygens (including phenoxy) is 2. The molecule has 1 atom stereocenters. The third-order valence-electron chi connectivity index (χ3n) is 2.38. The molecule has 0 aliphatic carbocycles. The van der Waals surface area contributed by atoms with Crippen LogP contribution in [0.15, 0.2) is 29.2 Å². The maximum atomic E-state index is 9.74. The van der Waals surface area contributed by atoms with E-state index in [0.29, 0.717) is 26.4 Å². The van der Waals surface area contributed by atoms with Crippen molar-refractivity contribution >= 4 is 17.4 Å². The molecule has 1 aromatic carbocycles. The van der Waals surface area contributed by atoms with Crippen LogP contribution in [0.3, 0.4) is 0 Å². The van der Waals surface area contributed by atoms with Crippen LogP contribution in [0.5, 0.6) is 0 Å². The Bertz CT molecular complexity index is 336. The number of nitrogens with one attached hydrogen (secondary N) is 1. The predicted molar refractivity (Wildman–Crippen MR) is 75.4 cm³/mol. The summed E-state index contributed by atoms with van der Waals surface area (Å²) in [7, 11) is 1.63. The lowest BCUT2D eigenvalue weighted by atomic mass is 10.3. The number of benzene rings is 1. The van der Waals surface area contributed by atoms with Gasteiger partial charge in [-0.3, -0.25) is 0 Å². The minimum absolute atomic E-state index is 0.317. The quantitative estimate of drug-likeness (QED) is 0.530. The first kappa shape index (κ1) is 15.3. The highest BCUT2D eigenvalue weighted by Crippen LogP contribution is 2.24. The Kier molecular flexibility index (Phi) is 7.84. The second kappa shape index (κ2) is 9.22. The molecule has 0 spiro atoms. The van der Waals surface area contributed by atoms with Crippen LogP contribution in [0, 0.1) is 0 Å². The van der Waals surface area contributed by atoms with Crippen molar-refractivity contribution in [3.63, 3.8) is 0 Å². The molecule has 1 aromatic rings. The van der Waals surface area contributed by atoms with E-state index in [1.165, 1.54) is 4.90 Å². The fourth-order valence-corrected chi connectivity index (χ4v) is 2.01. The monoisotopic (exact) mass is 271 g/mol. The summed E-state index contributed by atoms with van der Waals surface area (Å²) in [6.07, 6.45) is 1.52. The molecular weight excluding hydrogens is 250 g/mol. The number of aliphatic hydroxyl groups is 1. The van der Waals surface area contributed by atoms with Crippen LogP contribution in [-0.4, -0.2) is 50.9 Å². The van der Waals surface area contributed by atoms with Gasteiger partial charge in [-0.1, -0.05) is 12.1 Å². The molecule has 0 aromatic heterocycles. The van der Waals surface area contributed by atoms with E-state index in [1.807, 2.05) is 24.5 Å². The lowest BCUT2D eigenvalue weighted by molar-refractivity contribution is 0.0182. The molecule has 4 nitrogen and oxygen atoms in total. The number of hydrogen-bond acceptors (Lipinski definition) is 5. The fourth-order valence-electron chi connectivity index (χ4n) is 1.44. The van der Waals surface area contributed by atoms with Crippen molar-refractivity contribution in [3.8, 4) is 0 Å².